The Hall–Kier alpha value is -2.12. The number of nitriles is 1. The fourth-order valence-electron chi connectivity index (χ4n) is 1.83. The molecule has 0 spiro atoms. The quantitative estimate of drug-likeness (QED) is 0.861. The molecule has 0 radical (unpaired) electrons. The number of aromatic nitrogens is 1. The first-order chi connectivity index (χ1) is 9.35. The van der Waals surface area contributed by atoms with Crippen LogP contribution in [0.2, 0.25) is 0 Å². The highest BCUT2D eigenvalue weighted by molar-refractivity contribution is 5.84. The zero-order chi connectivity index (χ0) is 13.5. The maximum atomic E-state index is 9.04. The minimum Gasteiger partial charge on any atom is -0.490 e. The molecule has 0 aliphatic heterocycles. The maximum Gasteiger partial charge on any atom is 0.130 e. The third-order valence-corrected chi connectivity index (χ3v) is 2.81. The standard InChI is InChI=1S/C15H17N3O/c1-2-8-17-12(10-16)11-19-15-7-3-6-14-13(15)5-4-9-18-14/h3-7,9,12,17H,2,8,11H2,1H3. The van der Waals surface area contributed by atoms with E-state index in [0.717, 1.165) is 29.6 Å². The fraction of sp³-hybridized carbons (Fsp3) is 0.333. The van der Waals surface area contributed by atoms with E-state index in [4.69, 9.17) is 10.00 Å². The van der Waals surface area contributed by atoms with Crippen molar-refractivity contribution in [3.8, 4) is 11.8 Å². The van der Waals surface area contributed by atoms with Crippen molar-refractivity contribution in [2.45, 2.75) is 19.4 Å². The van der Waals surface area contributed by atoms with Gasteiger partial charge in [0.05, 0.1) is 11.6 Å². The van der Waals surface area contributed by atoms with Gasteiger partial charge in [-0.2, -0.15) is 5.26 Å². The lowest BCUT2D eigenvalue weighted by Gasteiger charge is -2.13. The van der Waals surface area contributed by atoms with Gasteiger partial charge in [-0.25, -0.2) is 0 Å². The van der Waals surface area contributed by atoms with Crippen LogP contribution in [0.25, 0.3) is 10.9 Å². The summed E-state index contributed by atoms with van der Waals surface area (Å²) in [4.78, 5) is 4.28. The van der Waals surface area contributed by atoms with Gasteiger partial charge >= 0.3 is 0 Å². The summed E-state index contributed by atoms with van der Waals surface area (Å²) in [5.41, 5.74) is 0.898. The molecule has 1 aromatic heterocycles. The molecular formula is C15H17N3O. The van der Waals surface area contributed by atoms with Gasteiger partial charge in [0.25, 0.3) is 0 Å². The molecule has 1 N–H and O–H groups in total. The first-order valence-corrected chi connectivity index (χ1v) is 6.44. The molecule has 0 amide bonds. The van der Waals surface area contributed by atoms with Crippen molar-refractivity contribution in [3.63, 3.8) is 0 Å². The zero-order valence-electron chi connectivity index (χ0n) is 11.0. The Balaban J connectivity index is 2.07. The predicted octanol–water partition coefficient (Wildman–Crippen LogP) is 2.51. The van der Waals surface area contributed by atoms with Crippen molar-refractivity contribution < 1.29 is 4.74 Å². The molecule has 0 bridgehead atoms. The molecule has 1 aromatic carbocycles. The summed E-state index contributed by atoms with van der Waals surface area (Å²) in [5, 5.41) is 13.1. The van der Waals surface area contributed by atoms with E-state index in [-0.39, 0.29) is 6.04 Å². The molecule has 0 aliphatic rings. The van der Waals surface area contributed by atoms with E-state index in [2.05, 4.69) is 23.3 Å². The lowest BCUT2D eigenvalue weighted by Crippen LogP contribution is -2.33. The highest BCUT2D eigenvalue weighted by Gasteiger charge is 2.08. The van der Waals surface area contributed by atoms with Crippen LogP contribution in [0.15, 0.2) is 36.5 Å². The van der Waals surface area contributed by atoms with Crippen molar-refractivity contribution in [1.29, 1.82) is 5.26 Å². The summed E-state index contributed by atoms with van der Waals surface area (Å²) in [7, 11) is 0. The summed E-state index contributed by atoms with van der Waals surface area (Å²) in [6, 6.07) is 11.5. The average molecular weight is 255 g/mol. The van der Waals surface area contributed by atoms with Crippen LogP contribution in [-0.4, -0.2) is 24.2 Å². The number of hydrogen-bond acceptors (Lipinski definition) is 4. The lowest BCUT2D eigenvalue weighted by atomic mass is 10.2. The topological polar surface area (TPSA) is 57.9 Å². The van der Waals surface area contributed by atoms with Crippen LogP contribution in [0, 0.1) is 11.3 Å². The van der Waals surface area contributed by atoms with E-state index < -0.39 is 0 Å². The molecule has 0 saturated carbocycles. The highest BCUT2D eigenvalue weighted by atomic mass is 16.5. The van der Waals surface area contributed by atoms with Gasteiger partial charge < -0.3 is 4.74 Å². The van der Waals surface area contributed by atoms with Gasteiger partial charge in [-0.05, 0) is 37.2 Å². The van der Waals surface area contributed by atoms with E-state index in [1.165, 1.54) is 0 Å². The summed E-state index contributed by atoms with van der Waals surface area (Å²) in [6.07, 6.45) is 2.75. The summed E-state index contributed by atoms with van der Waals surface area (Å²) in [6.45, 7) is 3.22. The average Bonchev–Trinajstić information content (AvgIpc) is 2.47. The molecule has 98 valence electrons. The van der Waals surface area contributed by atoms with Crippen molar-refractivity contribution in [1.82, 2.24) is 10.3 Å². The van der Waals surface area contributed by atoms with Gasteiger partial charge in [0.1, 0.15) is 18.4 Å². The number of hydrogen-bond donors (Lipinski definition) is 1. The first kappa shape index (κ1) is 13.3. The molecule has 1 atom stereocenters. The van der Waals surface area contributed by atoms with Crippen LogP contribution in [0.3, 0.4) is 0 Å². The molecule has 19 heavy (non-hydrogen) atoms. The number of rotatable bonds is 6. The van der Waals surface area contributed by atoms with Gasteiger partial charge in [-0.15, -0.1) is 0 Å². The van der Waals surface area contributed by atoms with Crippen molar-refractivity contribution in [3.05, 3.63) is 36.5 Å². The SMILES string of the molecule is CCCNC(C#N)COc1cccc2ncccc12. The molecule has 1 heterocycles. The van der Waals surface area contributed by atoms with Gasteiger partial charge in [-0.1, -0.05) is 13.0 Å². The van der Waals surface area contributed by atoms with Crippen molar-refractivity contribution in [2.24, 2.45) is 0 Å². The molecular weight excluding hydrogens is 238 g/mol. The van der Waals surface area contributed by atoms with Gasteiger partial charge in [0.2, 0.25) is 0 Å². The molecule has 1 unspecified atom stereocenters. The highest BCUT2D eigenvalue weighted by Crippen LogP contribution is 2.23. The van der Waals surface area contributed by atoms with Crippen molar-refractivity contribution >= 4 is 10.9 Å². The Bertz CT molecular complexity index is 572. The Kier molecular flexibility index (Phi) is 4.71. The van der Waals surface area contributed by atoms with Crippen LogP contribution in [0.5, 0.6) is 5.75 Å². The van der Waals surface area contributed by atoms with Crippen LogP contribution in [0.4, 0.5) is 0 Å². The Morgan fingerprint density at radius 3 is 3.05 bits per heavy atom. The normalized spacial score (nSPS) is 12.0. The smallest absolute Gasteiger partial charge is 0.130 e. The van der Waals surface area contributed by atoms with Crippen molar-refractivity contribution in [2.75, 3.05) is 13.2 Å². The van der Waals surface area contributed by atoms with Gasteiger partial charge in [-0.3, -0.25) is 10.3 Å². The van der Waals surface area contributed by atoms with E-state index in [0.29, 0.717) is 6.61 Å². The van der Waals surface area contributed by atoms with E-state index >= 15 is 0 Å². The first-order valence-electron chi connectivity index (χ1n) is 6.44. The molecule has 4 heteroatoms. The Labute approximate surface area is 113 Å². The van der Waals surface area contributed by atoms with E-state index in [1.54, 1.807) is 6.20 Å². The third kappa shape index (κ3) is 3.43. The van der Waals surface area contributed by atoms with Gasteiger partial charge in [0, 0.05) is 11.6 Å². The number of ether oxygens (including phenoxy) is 1. The Morgan fingerprint density at radius 1 is 1.37 bits per heavy atom. The summed E-state index contributed by atoms with van der Waals surface area (Å²) >= 11 is 0. The lowest BCUT2D eigenvalue weighted by molar-refractivity contribution is 0.292. The van der Waals surface area contributed by atoms with E-state index in [1.807, 2.05) is 30.3 Å². The van der Waals surface area contributed by atoms with Crippen LogP contribution in [0.1, 0.15) is 13.3 Å². The maximum absolute atomic E-state index is 9.04. The van der Waals surface area contributed by atoms with E-state index in [9.17, 15) is 0 Å². The largest absolute Gasteiger partial charge is 0.490 e. The van der Waals surface area contributed by atoms with Crippen LogP contribution in [-0.2, 0) is 0 Å². The zero-order valence-corrected chi connectivity index (χ0v) is 11.0. The monoisotopic (exact) mass is 255 g/mol. The second-order valence-electron chi connectivity index (χ2n) is 4.27. The molecule has 2 rings (SSSR count). The Morgan fingerprint density at radius 2 is 2.26 bits per heavy atom. The number of pyridine rings is 1. The predicted molar refractivity (Wildman–Crippen MR) is 74.9 cm³/mol. The van der Waals surface area contributed by atoms with Gasteiger partial charge in [0.15, 0.2) is 0 Å². The number of nitrogens with one attached hydrogen (secondary N) is 1. The molecule has 0 saturated heterocycles. The summed E-state index contributed by atoms with van der Waals surface area (Å²) < 4.78 is 5.74. The minimum atomic E-state index is -0.285. The molecule has 0 fully saturated rings. The van der Waals surface area contributed by atoms with Crippen LogP contribution >= 0.6 is 0 Å². The summed E-state index contributed by atoms with van der Waals surface area (Å²) in [5.74, 6) is 0.768. The second kappa shape index (κ2) is 6.72. The molecule has 2 aromatic rings. The second-order valence-corrected chi connectivity index (χ2v) is 4.27. The minimum absolute atomic E-state index is 0.285. The third-order valence-electron chi connectivity index (χ3n) is 2.81. The van der Waals surface area contributed by atoms with Crippen LogP contribution < -0.4 is 10.1 Å². The fourth-order valence-corrected chi connectivity index (χ4v) is 1.83. The molecule has 4 nitrogen and oxygen atoms in total. The molecule has 0 aliphatic carbocycles. The number of fused-ring (bicyclic) bond motifs is 1. The number of benzene rings is 1. The number of nitrogens with zero attached hydrogens (tertiary/aromatic N) is 2.